The predicted molar refractivity (Wildman–Crippen MR) is 81.8 cm³/mol. The van der Waals surface area contributed by atoms with E-state index in [2.05, 4.69) is 11.4 Å². The number of rotatable bonds is 5. The highest BCUT2D eigenvalue weighted by Gasteiger charge is 2.21. The Balaban J connectivity index is 1.81. The molecule has 1 aliphatic carbocycles. The van der Waals surface area contributed by atoms with Gasteiger partial charge in [0.05, 0.1) is 18.1 Å². The van der Waals surface area contributed by atoms with Crippen LogP contribution >= 0.6 is 0 Å². The summed E-state index contributed by atoms with van der Waals surface area (Å²) in [6, 6.07) is 8.49. The topological polar surface area (TPSA) is 79.2 Å². The largest absolute Gasteiger partial charge is 0.453 e. The van der Waals surface area contributed by atoms with Crippen LogP contribution in [0.5, 0.6) is 0 Å². The van der Waals surface area contributed by atoms with Crippen molar-refractivity contribution in [1.29, 1.82) is 5.26 Å². The molecule has 114 valence electrons. The van der Waals surface area contributed by atoms with Gasteiger partial charge in [0.2, 0.25) is 0 Å². The number of allylic oxidation sites excluding steroid dienone is 2. The standard InChI is InChI=1S/C17H18N2O3/c1-12(22-16(20)10-13-4-2-3-5-13)17(21)19-15-8-6-14(11-18)7-9-15/h2,4,6-9,12-13H,3,5,10H2,1H3,(H,19,21)/t12-,13+/m1/s1. The van der Waals surface area contributed by atoms with Crippen molar-refractivity contribution in [2.24, 2.45) is 5.92 Å². The van der Waals surface area contributed by atoms with Gasteiger partial charge >= 0.3 is 5.97 Å². The van der Waals surface area contributed by atoms with E-state index in [4.69, 9.17) is 10.00 Å². The first kappa shape index (κ1) is 15.8. The molecule has 0 saturated carbocycles. The van der Waals surface area contributed by atoms with Crippen LogP contribution in [0.15, 0.2) is 36.4 Å². The molecule has 0 aliphatic heterocycles. The molecule has 2 atom stereocenters. The molecule has 1 N–H and O–H groups in total. The lowest BCUT2D eigenvalue weighted by molar-refractivity contribution is -0.153. The monoisotopic (exact) mass is 298 g/mol. The zero-order valence-electron chi connectivity index (χ0n) is 12.4. The first-order chi connectivity index (χ1) is 10.6. The van der Waals surface area contributed by atoms with Gasteiger partial charge in [-0.05, 0) is 49.9 Å². The molecule has 5 nitrogen and oxygen atoms in total. The third-order valence-corrected chi connectivity index (χ3v) is 3.50. The molecule has 1 aliphatic rings. The zero-order valence-corrected chi connectivity index (χ0v) is 12.4. The first-order valence-corrected chi connectivity index (χ1v) is 7.25. The highest BCUT2D eigenvalue weighted by atomic mass is 16.5. The molecule has 1 aromatic rings. The fourth-order valence-electron chi connectivity index (χ4n) is 2.25. The fraction of sp³-hybridized carbons (Fsp3) is 0.353. The SMILES string of the molecule is C[C@@H](OC(=O)C[C@H]1C=CCC1)C(=O)Nc1ccc(C#N)cc1. The van der Waals surface area contributed by atoms with Crippen molar-refractivity contribution in [2.45, 2.75) is 32.3 Å². The van der Waals surface area contributed by atoms with Crippen molar-refractivity contribution in [2.75, 3.05) is 5.32 Å². The van der Waals surface area contributed by atoms with E-state index in [0.29, 0.717) is 17.7 Å². The maximum Gasteiger partial charge on any atom is 0.307 e. The van der Waals surface area contributed by atoms with Gasteiger partial charge in [-0.1, -0.05) is 12.2 Å². The summed E-state index contributed by atoms with van der Waals surface area (Å²) in [7, 11) is 0. The molecular weight excluding hydrogens is 280 g/mol. The Morgan fingerprint density at radius 1 is 1.41 bits per heavy atom. The van der Waals surface area contributed by atoms with E-state index >= 15 is 0 Å². The second kappa shape index (κ2) is 7.41. The van der Waals surface area contributed by atoms with E-state index < -0.39 is 6.10 Å². The Bertz CT molecular complexity index is 614. The normalized spacial score (nSPS) is 17.5. The highest BCUT2D eigenvalue weighted by Crippen LogP contribution is 2.21. The molecule has 0 bridgehead atoms. The van der Waals surface area contributed by atoms with E-state index in [1.54, 1.807) is 31.2 Å². The highest BCUT2D eigenvalue weighted by molar-refractivity contribution is 5.95. The van der Waals surface area contributed by atoms with Crippen molar-refractivity contribution in [3.8, 4) is 6.07 Å². The Morgan fingerprint density at radius 3 is 2.73 bits per heavy atom. The summed E-state index contributed by atoms with van der Waals surface area (Å²) in [6.45, 7) is 1.54. The molecule has 1 aromatic carbocycles. The number of benzene rings is 1. The average Bonchev–Trinajstić information content (AvgIpc) is 3.00. The lowest BCUT2D eigenvalue weighted by atomic mass is 10.1. The van der Waals surface area contributed by atoms with Crippen molar-refractivity contribution < 1.29 is 14.3 Å². The number of hydrogen-bond acceptors (Lipinski definition) is 4. The number of hydrogen-bond donors (Lipinski definition) is 1. The van der Waals surface area contributed by atoms with Crippen molar-refractivity contribution >= 4 is 17.6 Å². The molecule has 0 saturated heterocycles. The maximum atomic E-state index is 12.0. The number of nitriles is 1. The Hall–Kier alpha value is -2.61. The Kier molecular flexibility index (Phi) is 5.31. The first-order valence-electron chi connectivity index (χ1n) is 7.25. The fourth-order valence-corrected chi connectivity index (χ4v) is 2.25. The smallest absolute Gasteiger partial charge is 0.307 e. The van der Waals surface area contributed by atoms with Crippen molar-refractivity contribution in [3.63, 3.8) is 0 Å². The maximum absolute atomic E-state index is 12.0. The van der Waals surface area contributed by atoms with Crippen LogP contribution < -0.4 is 5.32 Å². The average molecular weight is 298 g/mol. The number of nitrogens with zero attached hydrogens (tertiary/aromatic N) is 1. The minimum Gasteiger partial charge on any atom is -0.453 e. The van der Waals surface area contributed by atoms with Gasteiger partial charge in [0.1, 0.15) is 0 Å². The Labute approximate surface area is 129 Å². The van der Waals surface area contributed by atoms with E-state index in [-0.39, 0.29) is 17.8 Å². The van der Waals surface area contributed by atoms with Gasteiger partial charge in [-0.3, -0.25) is 9.59 Å². The van der Waals surface area contributed by atoms with Crippen molar-refractivity contribution in [1.82, 2.24) is 0 Å². The molecule has 2 rings (SSSR count). The zero-order chi connectivity index (χ0) is 15.9. The number of nitrogens with one attached hydrogen (secondary N) is 1. The van der Waals surface area contributed by atoms with Gasteiger partial charge in [0, 0.05) is 5.69 Å². The minimum absolute atomic E-state index is 0.223. The molecule has 0 aromatic heterocycles. The molecular formula is C17H18N2O3. The molecule has 0 radical (unpaired) electrons. The van der Waals surface area contributed by atoms with Crippen molar-refractivity contribution in [3.05, 3.63) is 42.0 Å². The summed E-state index contributed by atoms with van der Waals surface area (Å²) in [5, 5.41) is 11.4. The van der Waals surface area contributed by atoms with E-state index in [1.807, 2.05) is 12.1 Å². The Morgan fingerprint density at radius 2 is 2.14 bits per heavy atom. The van der Waals surface area contributed by atoms with Gasteiger partial charge in [0.25, 0.3) is 5.91 Å². The number of anilines is 1. The lowest BCUT2D eigenvalue weighted by Crippen LogP contribution is -2.30. The van der Waals surface area contributed by atoms with Crippen LogP contribution in [0.1, 0.15) is 31.7 Å². The van der Waals surface area contributed by atoms with E-state index in [9.17, 15) is 9.59 Å². The number of carbonyl (C=O) groups is 2. The number of ether oxygens (including phenoxy) is 1. The summed E-state index contributed by atoms with van der Waals surface area (Å²) < 4.78 is 5.15. The van der Waals surface area contributed by atoms with Gasteiger partial charge in [-0.25, -0.2) is 0 Å². The van der Waals surface area contributed by atoms with Crippen LogP contribution in [0.4, 0.5) is 5.69 Å². The molecule has 0 spiro atoms. The molecule has 0 fully saturated rings. The summed E-state index contributed by atoms with van der Waals surface area (Å²) in [4.78, 5) is 23.7. The molecule has 1 amide bonds. The van der Waals surface area contributed by atoms with Crippen LogP contribution in [0.25, 0.3) is 0 Å². The third-order valence-electron chi connectivity index (χ3n) is 3.50. The summed E-state index contributed by atoms with van der Waals surface area (Å²) in [6.07, 6.45) is 5.48. The predicted octanol–water partition coefficient (Wildman–Crippen LogP) is 2.78. The van der Waals surface area contributed by atoms with Gasteiger partial charge in [-0.15, -0.1) is 0 Å². The third kappa shape index (κ3) is 4.45. The number of carbonyl (C=O) groups excluding carboxylic acids is 2. The van der Waals surface area contributed by atoms with Gasteiger partial charge in [-0.2, -0.15) is 5.26 Å². The summed E-state index contributed by atoms with van der Waals surface area (Å²) in [5.41, 5.74) is 1.08. The summed E-state index contributed by atoms with van der Waals surface area (Å²) in [5.74, 6) is -0.527. The second-order valence-corrected chi connectivity index (χ2v) is 5.28. The molecule has 0 heterocycles. The number of esters is 1. The van der Waals surface area contributed by atoms with Gasteiger partial charge in [0.15, 0.2) is 6.10 Å². The van der Waals surface area contributed by atoms with Crippen LogP contribution in [0.3, 0.4) is 0 Å². The summed E-state index contributed by atoms with van der Waals surface area (Å²) >= 11 is 0. The molecule has 5 heteroatoms. The van der Waals surface area contributed by atoms with E-state index in [0.717, 1.165) is 12.8 Å². The lowest BCUT2D eigenvalue weighted by Gasteiger charge is -2.14. The molecule has 22 heavy (non-hydrogen) atoms. The number of amides is 1. The van der Waals surface area contributed by atoms with Gasteiger partial charge < -0.3 is 10.1 Å². The van der Waals surface area contributed by atoms with Crippen LogP contribution in [0, 0.1) is 17.2 Å². The quantitative estimate of drug-likeness (QED) is 0.669. The second-order valence-electron chi connectivity index (χ2n) is 5.28. The minimum atomic E-state index is -0.853. The van der Waals surface area contributed by atoms with Crippen LogP contribution in [0.2, 0.25) is 0 Å². The van der Waals surface area contributed by atoms with Crippen LogP contribution in [-0.4, -0.2) is 18.0 Å². The molecule has 0 unspecified atom stereocenters. The van der Waals surface area contributed by atoms with E-state index in [1.165, 1.54) is 0 Å². The van der Waals surface area contributed by atoms with Crippen LogP contribution in [-0.2, 0) is 14.3 Å².